The Morgan fingerprint density at radius 2 is 1.44 bits per heavy atom. The summed E-state index contributed by atoms with van der Waals surface area (Å²) < 4.78 is 0. The van der Waals surface area contributed by atoms with Gasteiger partial charge in [-0.1, -0.05) is 0 Å². The van der Waals surface area contributed by atoms with Crippen LogP contribution in [0, 0.1) is 0 Å². The number of hydrogen-bond acceptors (Lipinski definition) is 5. The topological polar surface area (TPSA) is 130 Å². The fraction of sp³-hybridized carbons (Fsp3) is 0.500. The molecule has 0 radical (unpaired) electrons. The molecular formula is C4H13N5. The highest BCUT2D eigenvalue weighted by Crippen LogP contribution is 1.98. The van der Waals surface area contributed by atoms with Crippen molar-refractivity contribution in [1.82, 2.24) is 0 Å². The number of rotatable bonds is 1. The van der Waals surface area contributed by atoms with Gasteiger partial charge in [-0.3, -0.25) is 17.2 Å². The summed E-state index contributed by atoms with van der Waals surface area (Å²) in [5, 5.41) is 0. The van der Waals surface area contributed by atoms with Gasteiger partial charge < -0.3 is 11.5 Å². The molecule has 5 heteroatoms. The molecule has 0 aromatic rings. The van der Waals surface area contributed by atoms with Gasteiger partial charge in [-0.2, -0.15) is 0 Å². The Labute approximate surface area is 53.8 Å². The van der Waals surface area contributed by atoms with Crippen LogP contribution in [0.1, 0.15) is 6.92 Å². The van der Waals surface area contributed by atoms with E-state index in [0.29, 0.717) is 5.57 Å². The zero-order chi connectivity index (χ0) is 7.65. The van der Waals surface area contributed by atoms with Gasteiger partial charge in [0.15, 0.2) is 0 Å². The summed E-state index contributed by atoms with van der Waals surface area (Å²) in [6.07, 6.45) is 0. The van der Waals surface area contributed by atoms with Crippen LogP contribution in [0.2, 0.25) is 0 Å². The van der Waals surface area contributed by atoms with Crippen LogP contribution in [-0.2, 0) is 0 Å². The van der Waals surface area contributed by atoms with E-state index in [1.54, 1.807) is 6.92 Å². The molecule has 0 aromatic carbocycles. The summed E-state index contributed by atoms with van der Waals surface area (Å²) in [6, 6.07) is 0. The van der Waals surface area contributed by atoms with Crippen LogP contribution < -0.4 is 28.7 Å². The molecule has 0 amide bonds. The van der Waals surface area contributed by atoms with Crippen molar-refractivity contribution in [1.29, 1.82) is 0 Å². The van der Waals surface area contributed by atoms with Crippen molar-refractivity contribution >= 4 is 0 Å². The predicted octanol–water partition coefficient (Wildman–Crippen LogP) is -2.33. The maximum atomic E-state index is 5.22. The summed E-state index contributed by atoms with van der Waals surface area (Å²) in [5.74, 6) is -1.32. The Morgan fingerprint density at radius 1 is 1.11 bits per heavy atom. The van der Waals surface area contributed by atoms with Gasteiger partial charge in [0, 0.05) is 5.57 Å². The SMILES string of the molecule is CC(=C(N)N)C(N)(N)N. The Morgan fingerprint density at radius 3 is 1.44 bits per heavy atom. The Kier molecular flexibility index (Phi) is 2.03. The van der Waals surface area contributed by atoms with E-state index in [4.69, 9.17) is 28.7 Å². The molecule has 0 rings (SSSR count). The largest absolute Gasteiger partial charge is 0.386 e. The maximum Gasteiger partial charge on any atom is 0.142 e. The molecule has 0 bridgehead atoms. The molecule has 0 aliphatic rings. The molecular weight excluding hydrogens is 118 g/mol. The summed E-state index contributed by atoms with van der Waals surface area (Å²) in [7, 11) is 0. The minimum atomic E-state index is -1.39. The molecule has 54 valence electrons. The van der Waals surface area contributed by atoms with Crippen molar-refractivity contribution in [3.05, 3.63) is 11.4 Å². The van der Waals surface area contributed by atoms with E-state index in [-0.39, 0.29) is 5.82 Å². The lowest BCUT2D eigenvalue weighted by atomic mass is 10.2. The third kappa shape index (κ3) is 2.31. The second kappa shape index (κ2) is 2.22. The smallest absolute Gasteiger partial charge is 0.142 e. The highest BCUT2D eigenvalue weighted by atomic mass is 15.1. The number of nitrogens with two attached hydrogens (primary N) is 5. The maximum absolute atomic E-state index is 5.22. The Balaban J connectivity index is 4.40. The van der Waals surface area contributed by atoms with Crippen LogP contribution in [0.5, 0.6) is 0 Å². The minimum Gasteiger partial charge on any atom is -0.386 e. The zero-order valence-electron chi connectivity index (χ0n) is 5.39. The van der Waals surface area contributed by atoms with E-state index in [2.05, 4.69) is 0 Å². The summed E-state index contributed by atoms with van der Waals surface area (Å²) >= 11 is 0. The molecule has 0 unspecified atom stereocenters. The normalized spacial score (nSPS) is 11.1. The molecule has 0 atom stereocenters. The second-order valence-electron chi connectivity index (χ2n) is 2.01. The molecule has 9 heavy (non-hydrogen) atoms. The van der Waals surface area contributed by atoms with Gasteiger partial charge >= 0.3 is 0 Å². The van der Waals surface area contributed by atoms with E-state index in [9.17, 15) is 0 Å². The zero-order valence-corrected chi connectivity index (χ0v) is 5.39. The highest BCUT2D eigenvalue weighted by molar-refractivity contribution is 5.15. The van der Waals surface area contributed by atoms with E-state index < -0.39 is 5.79 Å². The Hall–Kier alpha value is -0.780. The van der Waals surface area contributed by atoms with Gasteiger partial charge in [0.2, 0.25) is 0 Å². The molecule has 0 heterocycles. The first kappa shape index (κ1) is 8.22. The molecule has 10 N–H and O–H groups in total. The van der Waals surface area contributed by atoms with Crippen molar-refractivity contribution in [3.63, 3.8) is 0 Å². The van der Waals surface area contributed by atoms with Gasteiger partial charge in [0.25, 0.3) is 0 Å². The summed E-state index contributed by atoms with van der Waals surface area (Å²) in [6.45, 7) is 1.58. The quantitative estimate of drug-likeness (QED) is 0.255. The summed E-state index contributed by atoms with van der Waals surface area (Å²) in [5.41, 5.74) is 26.3. The molecule has 0 fully saturated rings. The standard InChI is InChI=1S/C4H13N5/c1-2(3(5)6)4(7,8)9/h5-9H2,1H3. The average molecular weight is 131 g/mol. The van der Waals surface area contributed by atoms with Gasteiger partial charge in [-0.25, -0.2) is 0 Å². The minimum absolute atomic E-state index is 0.0718. The van der Waals surface area contributed by atoms with Crippen molar-refractivity contribution in [2.24, 2.45) is 28.7 Å². The van der Waals surface area contributed by atoms with Crippen molar-refractivity contribution < 1.29 is 0 Å². The molecule has 0 saturated heterocycles. The third-order valence-electron chi connectivity index (χ3n) is 1.08. The molecule has 0 aromatic heterocycles. The van der Waals surface area contributed by atoms with Crippen LogP contribution in [0.4, 0.5) is 0 Å². The molecule has 0 spiro atoms. The van der Waals surface area contributed by atoms with Crippen molar-refractivity contribution in [3.8, 4) is 0 Å². The van der Waals surface area contributed by atoms with Gasteiger partial charge in [0.05, 0.1) is 5.82 Å². The fourth-order valence-corrected chi connectivity index (χ4v) is 0.250. The van der Waals surface area contributed by atoms with Crippen LogP contribution >= 0.6 is 0 Å². The first-order valence-electron chi connectivity index (χ1n) is 2.44. The van der Waals surface area contributed by atoms with Gasteiger partial charge in [0.1, 0.15) is 5.79 Å². The van der Waals surface area contributed by atoms with E-state index in [1.807, 2.05) is 0 Å². The highest BCUT2D eigenvalue weighted by Gasteiger charge is 2.15. The lowest BCUT2D eigenvalue weighted by molar-refractivity contribution is 0.538. The average Bonchev–Trinajstić information content (AvgIpc) is 1.62. The van der Waals surface area contributed by atoms with Crippen molar-refractivity contribution in [2.45, 2.75) is 12.7 Å². The van der Waals surface area contributed by atoms with Crippen LogP contribution in [0.3, 0.4) is 0 Å². The Bertz CT molecular complexity index is 126. The lowest BCUT2D eigenvalue weighted by Gasteiger charge is -2.19. The van der Waals surface area contributed by atoms with E-state index >= 15 is 0 Å². The molecule has 0 aliphatic heterocycles. The fourth-order valence-electron chi connectivity index (χ4n) is 0.250. The van der Waals surface area contributed by atoms with Crippen molar-refractivity contribution in [2.75, 3.05) is 0 Å². The first-order valence-corrected chi connectivity index (χ1v) is 2.44. The number of hydrogen-bond donors (Lipinski definition) is 5. The van der Waals surface area contributed by atoms with Crippen LogP contribution in [-0.4, -0.2) is 5.79 Å². The van der Waals surface area contributed by atoms with E-state index in [0.717, 1.165) is 0 Å². The third-order valence-corrected chi connectivity index (χ3v) is 1.08. The summed E-state index contributed by atoms with van der Waals surface area (Å²) in [4.78, 5) is 0. The van der Waals surface area contributed by atoms with Gasteiger partial charge in [-0.15, -0.1) is 0 Å². The van der Waals surface area contributed by atoms with Crippen LogP contribution in [0.15, 0.2) is 11.4 Å². The monoisotopic (exact) mass is 131 g/mol. The van der Waals surface area contributed by atoms with Crippen LogP contribution in [0.25, 0.3) is 0 Å². The molecule has 0 saturated carbocycles. The second-order valence-corrected chi connectivity index (χ2v) is 2.01. The molecule has 0 aliphatic carbocycles. The van der Waals surface area contributed by atoms with Gasteiger partial charge in [-0.05, 0) is 6.92 Å². The predicted molar refractivity (Wildman–Crippen MR) is 36.4 cm³/mol. The lowest BCUT2D eigenvalue weighted by Crippen LogP contribution is -2.59. The van der Waals surface area contributed by atoms with E-state index in [1.165, 1.54) is 0 Å². The first-order chi connectivity index (χ1) is 3.85. The molecule has 5 nitrogen and oxygen atoms in total.